The van der Waals surface area contributed by atoms with E-state index in [2.05, 4.69) is 11.6 Å². The van der Waals surface area contributed by atoms with E-state index in [9.17, 15) is 4.79 Å². The highest BCUT2D eigenvalue weighted by molar-refractivity contribution is 5.91. The minimum absolute atomic E-state index is 0.0429. The van der Waals surface area contributed by atoms with Crippen molar-refractivity contribution in [3.8, 4) is 17.2 Å². The second-order valence-electron chi connectivity index (χ2n) is 8.13. The first-order valence-electron chi connectivity index (χ1n) is 11.0. The number of nitrogens with two attached hydrogens (primary N) is 1. The van der Waals surface area contributed by atoms with E-state index in [0.29, 0.717) is 12.4 Å². The van der Waals surface area contributed by atoms with Crippen LogP contribution in [0.2, 0.25) is 0 Å². The highest BCUT2D eigenvalue weighted by atomic mass is 16.5. The van der Waals surface area contributed by atoms with Crippen molar-refractivity contribution < 1.29 is 9.53 Å². The molecule has 0 unspecified atom stereocenters. The lowest BCUT2D eigenvalue weighted by Crippen LogP contribution is -2.38. The third-order valence-electron chi connectivity index (χ3n) is 6.00. The first-order chi connectivity index (χ1) is 16.1. The van der Waals surface area contributed by atoms with Crippen molar-refractivity contribution in [2.75, 3.05) is 18.8 Å². The molecule has 4 aromatic rings. The molecule has 1 aliphatic rings. The van der Waals surface area contributed by atoms with Gasteiger partial charge in [0, 0.05) is 30.6 Å². The molecule has 7 heteroatoms. The molecule has 7 nitrogen and oxygen atoms in total. The van der Waals surface area contributed by atoms with Crippen molar-refractivity contribution in [2.24, 2.45) is 0 Å². The molecular weight excluding hydrogens is 414 g/mol. The Labute approximate surface area is 192 Å². The average molecular weight is 440 g/mol. The van der Waals surface area contributed by atoms with Crippen LogP contribution in [-0.4, -0.2) is 38.7 Å². The van der Waals surface area contributed by atoms with Gasteiger partial charge in [-0.15, -0.1) is 0 Å². The number of ether oxygens (including phenoxy) is 1. The van der Waals surface area contributed by atoms with Crippen LogP contribution >= 0.6 is 0 Å². The topological polar surface area (TPSA) is 86.3 Å². The Bertz CT molecular complexity index is 1300. The number of amides is 1. The fourth-order valence-corrected chi connectivity index (χ4v) is 4.41. The number of fused-ring (bicyclic) bond motifs is 1. The van der Waals surface area contributed by atoms with Crippen LogP contribution in [0, 0.1) is 0 Å². The smallest absolute Gasteiger partial charge is 0.245 e. The summed E-state index contributed by atoms with van der Waals surface area (Å²) >= 11 is 0. The number of hydrogen-bond donors (Lipinski definition) is 1. The number of aromatic nitrogens is 3. The largest absolute Gasteiger partial charge is 0.457 e. The summed E-state index contributed by atoms with van der Waals surface area (Å²) in [7, 11) is 0. The van der Waals surface area contributed by atoms with Crippen LogP contribution < -0.4 is 10.5 Å². The van der Waals surface area contributed by atoms with Gasteiger partial charge in [-0.25, -0.2) is 9.67 Å². The maximum absolute atomic E-state index is 12.2. The van der Waals surface area contributed by atoms with E-state index < -0.39 is 0 Å². The highest BCUT2D eigenvalue weighted by Gasteiger charge is 2.28. The third kappa shape index (κ3) is 4.05. The van der Waals surface area contributed by atoms with E-state index in [0.717, 1.165) is 53.2 Å². The fourth-order valence-electron chi connectivity index (χ4n) is 4.41. The van der Waals surface area contributed by atoms with Crippen LogP contribution in [0.5, 0.6) is 11.5 Å². The van der Waals surface area contributed by atoms with Crippen molar-refractivity contribution in [3.05, 3.63) is 85.2 Å². The average Bonchev–Trinajstić information content (AvgIpc) is 3.26. The number of rotatable bonds is 5. The molecule has 0 bridgehead atoms. The van der Waals surface area contributed by atoms with Crippen LogP contribution in [-0.2, 0) is 4.79 Å². The Kier molecular flexibility index (Phi) is 5.52. The number of nitrogens with zero attached hydrogens (tertiary/aromatic N) is 4. The minimum Gasteiger partial charge on any atom is -0.457 e. The van der Waals surface area contributed by atoms with Gasteiger partial charge in [-0.2, -0.15) is 5.10 Å². The number of benzene rings is 2. The standard InChI is InChI=1S/C26H25N5O2/c1-2-23(32)30-16-6-7-18(17-30)24-22-14-15-28-26(27)25(22)31(29-24)19-10-12-21(13-11-19)33-20-8-4-3-5-9-20/h2-5,8-15,18H,1,6-7,16-17H2,(H2,27,28)/t18-/m0/s1. The van der Waals surface area contributed by atoms with Crippen molar-refractivity contribution >= 4 is 22.6 Å². The van der Waals surface area contributed by atoms with E-state index >= 15 is 0 Å². The van der Waals surface area contributed by atoms with Gasteiger partial charge >= 0.3 is 0 Å². The van der Waals surface area contributed by atoms with Crippen LogP contribution in [0.3, 0.4) is 0 Å². The monoisotopic (exact) mass is 439 g/mol. The summed E-state index contributed by atoms with van der Waals surface area (Å²) < 4.78 is 7.75. The summed E-state index contributed by atoms with van der Waals surface area (Å²) in [6, 6.07) is 19.3. The Morgan fingerprint density at radius 1 is 1.09 bits per heavy atom. The predicted molar refractivity (Wildman–Crippen MR) is 129 cm³/mol. The van der Waals surface area contributed by atoms with Crippen molar-refractivity contribution in [1.29, 1.82) is 0 Å². The van der Waals surface area contributed by atoms with E-state index in [1.807, 2.05) is 70.2 Å². The molecule has 0 aliphatic carbocycles. The van der Waals surface area contributed by atoms with Gasteiger partial charge in [-0.05, 0) is 61.4 Å². The number of carbonyl (C=O) groups is 1. The molecule has 1 amide bonds. The Morgan fingerprint density at radius 2 is 1.85 bits per heavy atom. The molecule has 2 aromatic carbocycles. The van der Waals surface area contributed by atoms with Gasteiger partial charge in [-0.3, -0.25) is 4.79 Å². The molecule has 1 atom stereocenters. The Balaban J connectivity index is 1.50. The van der Waals surface area contributed by atoms with Gasteiger partial charge in [0.05, 0.1) is 11.4 Å². The summed E-state index contributed by atoms with van der Waals surface area (Å²) in [5, 5.41) is 5.93. The van der Waals surface area contributed by atoms with Crippen LogP contribution in [0.15, 0.2) is 79.5 Å². The van der Waals surface area contributed by atoms with Crippen LogP contribution in [0.25, 0.3) is 16.6 Å². The number of anilines is 1. The molecular formula is C26H25N5O2. The van der Waals surface area contributed by atoms with Crippen LogP contribution in [0.1, 0.15) is 24.5 Å². The lowest BCUT2D eigenvalue weighted by molar-refractivity contribution is -0.127. The molecule has 33 heavy (non-hydrogen) atoms. The number of hydrogen-bond acceptors (Lipinski definition) is 5. The minimum atomic E-state index is -0.0429. The first kappa shape index (κ1) is 20.8. The first-order valence-corrected chi connectivity index (χ1v) is 11.0. The summed E-state index contributed by atoms with van der Waals surface area (Å²) in [5.74, 6) is 2.01. The van der Waals surface area contributed by atoms with Gasteiger partial charge in [0.25, 0.3) is 0 Å². The van der Waals surface area contributed by atoms with Crippen LogP contribution in [0.4, 0.5) is 5.82 Å². The second-order valence-corrected chi connectivity index (χ2v) is 8.13. The van der Waals surface area contributed by atoms with Gasteiger partial charge in [0.1, 0.15) is 22.8 Å². The highest BCUT2D eigenvalue weighted by Crippen LogP contribution is 2.34. The normalized spacial score (nSPS) is 16.0. The molecule has 5 rings (SSSR count). The van der Waals surface area contributed by atoms with Crippen molar-refractivity contribution in [1.82, 2.24) is 19.7 Å². The molecule has 166 valence electrons. The SMILES string of the molecule is C=CC(=O)N1CCC[C@H](c2nn(-c3ccc(Oc4ccccc4)cc3)c3c(N)nccc23)C1. The predicted octanol–water partition coefficient (Wildman–Crippen LogP) is 4.69. The second kappa shape index (κ2) is 8.78. The Morgan fingerprint density at radius 3 is 2.61 bits per heavy atom. The summed E-state index contributed by atoms with van der Waals surface area (Å²) in [6.45, 7) is 4.98. The maximum Gasteiger partial charge on any atom is 0.245 e. The lowest BCUT2D eigenvalue weighted by atomic mass is 9.93. The fraction of sp³-hybridized carbons (Fsp3) is 0.192. The number of carbonyl (C=O) groups excluding carboxylic acids is 1. The molecule has 2 N–H and O–H groups in total. The van der Waals surface area contributed by atoms with Crippen molar-refractivity contribution in [2.45, 2.75) is 18.8 Å². The molecule has 1 saturated heterocycles. The van der Waals surface area contributed by atoms with E-state index in [4.69, 9.17) is 15.6 Å². The van der Waals surface area contributed by atoms with Gasteiger partial charge < -0.3 is 15.4 Å². The maximum atomic E-state index is 12.2. The Hall–Kier alpha value is -4.13. The number of pyridine rings is 1. The molecule has 0 spiro atoms. The summed E-state index contributed by atoms with van der Waals surface area (Å²) in [5.41, 5.74) is 8.86. The molecule has 3 heterocycles. The lowest BCUT2D eigenvalue weighted by Gasteiger charge is -2.31. The van der Waals surface area contributed by atoms with Gasteiger partial charge in [-0.1, -0.05) is 24.8 Å². The number of nitrogen functional groups attached to an aromatic ring is 1. The number of para-hydroxylation sites is 1. The van der Waals surface area contributed by atoms with Crippen molar-refractivity contribution in [3.63, 3.8) is 0 Å². The molecule has 2 aromatic heterocycles. The van der Waals surface area contributed by atoms with Gasteiger partial charge in [0.15, 0.2) is 0 Å². The summed E-state index contributed by atoms with van der Waals surface area (Å²) in [6.07, 6.45) is 4.96. The number of piperidine rings is 1. The zero-order valence-corrected chi connectivity index (χ0v) is 18.2. The molecule has 1 fully saturated rings. The molecule has 0 saturated carbocycles. The van der Waals surface area contributed by atoms with Gasteiger partial charge in [0.2, 0.25) is 5.91 Å². The third-order valence-corrected chi connectivity index (χ3v) is 6.00. The quantitative estimate of drug-likeness (QED) is 0.456. The molecule has 0 radical (unpaired) electrons. The zero-order valence-electron chi connectivity index (χ0n) is 18.2. The number of likely N-dealkylation sites (tertiary alicyclic amines) is 1. The zero-order chi connectivity index (χ0) is 22.8. The summed E-state index contributed by atoms with van der Waals surface area (Å²) in [4.78, 5) is 18.3. The molecule has 1 aliphatic heterocycles. The van der Waals surface area contributed by atoms with E-state index in [-0.39, 0.29) is 11.8 Å². The van der Waals surface area contributed by atoms with E-state index in [1.165, 1.54) is 6.08 Å². The van der Waals surface area contributed by atoms with E-state index in [1.54, 1.807) is 6.20 Å².